The van der Waals surface area contributed by atoms with Gasteiger partial charge in [0.2, 0.25) is 5.91 Å². The molecule has 5 aromatic rings. The molecule has 3 aromatic heterocycles. The predicted molar refractivity (Wildman–Crippen MR) is 147 cm³/mol. The molecule has 0 saturated carbocycles. The second-order valence-corrected chi connectivity index (χ2v) is 11.2. The number of thiophene rings is 1. The largest absolute Gasteiger partial charge is 0.441 e. The molecule has 2 aromatic carbocycles. The minimum Gasteiger partial charge on any atom is -0.441 e. The summed E-state index contributed by atoms with van der Waals surface area (Å²) in [5.74, 6) is 0.571. The fourth-order valence-electron chi connectivity index (χ4n) is 4.55. The molecule has 0 aliphatic carbocycles. The molecule has 0 spiro atoms. The minimum absolute atomic E-state index is 0.0247. The Morgan fingerprint density at radius 1 is 1.05 bits per heavy atom. The van der Waals surface area contributed by atoms with Crippen molar-refractivity contribution >= 4 is 65.9 Å². The van der Waals surface area contributed by atoms with Crippen LogP contribution in [0.3, 0.4) is 0 Å². The van der Waals surface area contributed by atoms with Gasteiger partial charge in [0, 0.05) is 38.2 Å². The van der Waals surface area contributed by atoms with E-state index >= 15 is 0 Å². The summed E-state index contributed by atoms with van der Waals surface area (Å²) in [4.78, 5) is 38.3. The highest BCUT2D eigenvalue weighted by molar-refractivity contribution is 7.29. The molecule has 1 saturated heterocycles. The van der Waals surface area contributed by atoms with Crippen molar-refractivity contribution in [3.8, 4) is 0 Å². The third-order valence-corrected chi connectivity index (χ3v) is 8.72. The van der Waals surface area contributed by atoms with Crippen LogP contribution in [-0.4, -0.2) is 34.9 Å². The van der Waals surface area contributed by atoms with Gasteiger partial charge in [0.15, 0.2) is 16.6 Å². The van der Waals surface area contributed by atoms with Crippen LogP contribution >= 0.6 is 22.7 Å². The lowest BCUT2D eigenvalue weighted by Crippen LogP contribution is -2.40. The number of thiazole rings is 1. The molecule has 2 amide bonds. The normalized spacial score (nSPS) is 14.4. The third-order valence-electron chi connectivity index (χ3n) is 6.50. The van der Waals surface area contributed by atoms with Gasteiger partial charge in [-0.05, 0) is 42.7 Å². The molecule has 10 heteroatoms. The van der Waals surface area contributed by atoms with Gasteiger partial charge in [-0.25, -0.2) is 9.97 Å². The molecule has 0 bridgehead atoms. The quantitative estimate of drug-likeness (QED) is 0.296. The van der Waals surface area contributed by atoms with Gasteiger partial charge in [0.1, 0.15) is 10.3 Å². The second-order valence-electron chi connectivity index (χ2n) is 9.11. The predicted octanol–water partition coefficient (Wildman–Crippen LogP) is 5.59. The molecule has 8 nitrogen and oxygen atoms in total. The molecule has 0 unspecified atom stereocenters. The lowest BCUT2D eigenvalue weighted by Gasteiger charge is -2.31. The van der Waals surface area contributed by atoms with E-state index in [9.17, 15) is 9.59 Å². The molecule has 0 atom stereocenters. The Balaban J connectivity index is 1.05. The zero-order chi connectivity index (χ0) is 25.4. The Labute approximate surface area is 221 Å². The lowest BCUT2D eigenvalue weighted by atomic mass is 9.96. The van der Waals surface area contributed by atoms with Crippen LogP contribution in [0.25, 0.3) is 20.6 Å². The second kappa shape index (κ2) is 9.95. The third kappa shape index (κ3) is 5.07. The monoisotopic (exact) mass is 531 g/mol. The van der Waals surface area contributed by atoms with Gasteiger partial charge in [-0.1, -0.05) is 41.7 Å². The van der Waals surface area contributed by atoms with Crippen molar-refractivity contribution in [3.63, 3.8) is 0 Å². The number of hydrogen-bond acceptors (Lipinski definition) is 8. The standard InChI is InChI=1S/C27H25N5O3S2/c1-16-29-20-13-19(7-8-21(20)35-16)30-25(34)22-14-23-26(36-22)31-27(37-23)32-11-9-18(10-12-32)24(33)28-15-17-5-3-2-4-6-17/h2-8,13-14,18H,9-12,15H2,1H3,(H,28,33)(H,30,34). The highest BCUT2D eigenvalue weighted by Gasteiger charge is 2.27. The zero-order valence-corrected chi connectivity index (χ0v) is 21.8. The van der Waals surface area contributed by atoms with E-state index in [1.165, 1.54) is 11.3 Å². The Morgan fingerprint density at radius 2 is 1.86 bits per heavy atom. The molecule has 188 valence electrons. The van der Waals surface area contributed by atoms with Crippen LogP contribution in [0.1, 0.15) is 34.0 Å². The van der Waals surface area contributed by atoms with Crippen LogP contribution in [0, 0.1) is 12.8 Å². The van der Waals surface area contributed by atoms with Crippen molar-refractivity contribution < 1.29 is 14.0 Å². The first-order valence-electron chi connectivity index (χ1n) is 12.2. The van der Waals surface area contributed by atoms with E-state index in [2.05, 4.69) is 20.5 Å². The topological polar surface area (TPSA) is 100 Å². The van der Waals surface area contributed by atoms with Crippen LogP contribution in [0.5, 0.6) is 0 Å². The number of rotatable bonds is 6. The van der Waals surface area contributed by atoms with Gasteiger partial charge in [0.05, 0.1) is 9.58 Å². The Morgan fingerprint density at radius 3 is 2.65 bits per heavy atom. The average molecular weight is 532 g/mol. The molecule has 0 radical (unpaired) electrons. The summed E-state index contributed by atoms with van der Waals surface area (Å²) in [5, 5.41) is 6.96. The zero-order valence-electron chi connectivity index (χ0n) is 20.2. The summed E-state index contributed by atoms with van der Waals surface area (Å²) >= 11 is 2.98. The summed E-state index contributed by atoms with van der Waals surface area (Å²) < 4.78 is 6.49. The number of oxazole rings is 1. The number of aryl methyl sites for hydroxylation is 1. The highest BCUT2D eigenvalue weighted by Crippen LogP contribution is 2.36. The molecule has 1 fully saturated rings. The van der Waals surface area contributed by atoms with Crippen molar-refractivity contribution in [2.75, 3.05) is 23.3 Å². The smallest absolute Gasteiger partial charge is 0.265 e. The number of fused-ring (bicyclic) bond motifs is 2. The molecular formula is C27H25N5O3S2. The number of hydrogen-bond donors (Lipinski definition) is 2. The van der Waals surface area contributed by atoms with E-state index in [4.69, 9.17) is 9.40 Å². The molecule has 1 aliphatic heterocycles. The summed E-state index contributed by atoms with van der Waals surface area (Å²) in [6.07, 6.45) is 1.60. The number of aromatic nitrogens is 2. The number of piperidine rings is 1. The van der Waals surface area contributed by atoms with Crippen molar-refractivity contribution in [2.45, 2.75) is 26.3 Å². The highest BCUT2D eigenvalue weighted by atomic mass is 32.1. The number of nitrogens with zero attached hydrogens (tertiary/aromatic N) is 3. The fraction of sp³-hybridized carbons (Fsp3) is 0.259. The van der Waals surface area contributed by atoms with E-state index in [1.54, 1.807) is 18.3 Å². The van der Waals surface area contributed by atoms with E-state index in [-0.39, 0.29) is 17.7 Å². The average Bonchev–Trinajstić information content (AvgIpc) is 3.60. The number of carbonyl (C=O) groups is 2. The van der Waals surface area contributed by atoms with Gasteiger partial charge in [-0.3, -0.25) is 9.59 Å². The van der Waals surface area contributed by atoms with Crippen LogP contribution in [0.2, 0.25) is 0 Å². The first kappa shape index (κ1) is 23.6. The summed E-state index contributed by atoms with van der Waals surface area (Å²) in [6.45, 7) is 3.94. The Bertz CT molecular complexity index is 1550. The van der Waals surface area contributed by atoms with Gasteiger partial charge in [-0.15, -0.1) is 11.3 Å². The number of carbonyl (C=O) groups excluding carboxylic acids is 2. The van der Waals surface area contributed by atoms with Crippen LogP contribution in [0.4, 0.5) is 10.8 Å². The number of nitrogens with one attached hydrogen (secondary N) is 2. The number of anilines is 2. The Kier molecular flexibility index (Phi) is 6.35. The van der Waals surface area contributed by atoms with Crippen molar-refractivity contribution in [2.24, 2.45) is 5.92 Å². The van der Waals surface area contributed by atoms with Crippen molar-refractivity contribution in [1.82, 2.24) is 15.3 Å². The van der Waals surface area contributed by atoms with Crippen molar-refractivity contribution in [1.29, 1.82) is 0 Å². The minimum atomic E-state index is -0.168. The van der Waals surface area contributed by atoms with E-state index in [0.29, 0.717) is 34.1 Å². The van der Waals surface area contributed by atoms with Gasteiger partial charge < -0.3 is 20.0 Å². The maximum absolute atomic E-state index is 12.8. The number of amides is 2. The van der Waals surface area contributed by atoms with Crippen LogP contribution < -0.4 is 15.5 Å². The van der Waals surface area contributed by atoms with Crippen molar-refractivity contribution in [3.05, 3.63) is 70.9 Å². The maximum atomic E-state index is 12.8. The first-order chi connectivity index (χ1) is 18.0. The SMILES string of the molecule is Cc1nc2cc(NC(=O)c3cc4sc(N5CCC(C(=O)NCc6ccccc6)CC5)nc4s3)ccc2o1. The molecule has 37 heavy (non-hydrogen) atoms. The van der Waals surface area contributed by atoms with Gasteiger partial charge in [-0.2, -0.15) is 0 Å². The van der Waals surface area contributed by atoms with E-state index < -0.39 is 0 Å². The summed E-state index contributed by atoms with van der Waals surface area (Å²) in [7, 11) is 0. The molecular weight excluding hydrogens is 506 g/mol. The van der Waals surface area contributed by atoms with Gasteiger partial charge in [0.25, 0.3) is 5.91 Å². The van der Waals surface area contributed by atoms with Gasteiger partial charge >= 0.3 is 0 Å². The van der Waals surface area contributed by atoms with Crippen LogP contribution in [0.15, 0.2) is 59.0 Å². The Hall–Kier alpha value is -3.76. The first-order valence-corrected chi connectivity index (χ1v) is 13.8. The van der Waals surface area contributed by atoms with E-state index in [1.807, 2.05) is 54.6 Å². The van der Waals surface area contributed by atoms with E-state index in [0.717, 1.165) is 46.2 Å². The summed E-state index contributed by atoms with van der Waals surface area (Å²) in [5.41, 5.74) is 3.19. The fourth-order valence-corrected chi connectivity index (χ4v) is 6.70. The molecule has 4 heterocycles. The molecule has 6 rings (SSSR count). The maximum Gasteiger partial charge on any atom is 0.265 e. The molecule has 2 N–H and O–H groups in total. The summed E-state index contributed by atoms with van der Waals surface area (Å²) in [6, 6.07) is 17.3. The van der Waals surface area contributed by atoms with Crippen LogP contribution in [-0.2, 0) is 11.3 Å². The molecule has 1 aliphatic rings. The number of benzene rings is 2. The lowest BCUT2D eigenvalue weighted by molar-refractivity contribution is -0.125.